The number of sulfonamides is 1. The lowest BCUT2D eigenvalue weighted by atomic mass is 10.2. The fourth-order valence-corrected chi connectivity index (χ4v) is 3.19. The van der Waals surface area contributed by atoms with Crippen molar-refractivity contribution in [1.82, 2.24) is 10.0 Å². The van der Waals surface area contributed by atoms with Gasteiger partial charge in [0.2, 0.25) is 10.0 Å². The first-order valence-corrected chi connectivity index (χ1v) is 9.34. The molecule has 1 aromatic carbocycles. The van der Waals surface area contributed by atoms with Crippen LogP contribution in [0.3, 0.4) is 0 Å². The molecule has 0 spiro atoms. The van der Waals surface area contributed by atoms with Gasteiger partial charge in [-0.25, -0.2) is 17.9 Å². The zero-order chi connectivity index (χ0) is 18.2. The van der Waals surface area contributed by atoms with Crippen LogP contribution in [0.1, 0.15) is 44.0 Å². The minimum absolute atomic E-state index is 0.00907. The Morgan fingerprint density at radius 2 is 1.96 bits per heavy atom. The summed E-state index contributed by atoms with van der Waals surface area (Å²) in [4.78, 5) is 23.6. The third kappa shape index (κ3) is 6.29. The van der Waals surface area contributed by atoms with Gasteiger partial charge in [0, 0.05) is 12.6 Å². The Bertz CT molecular complexity index is 673. The summed E-state index contributed by atoms with van der Waals surface area (Å²) in [6, 6.07) is 5.50. The summed E-state index contributed by atoms with van der Waals surface area (Å²) in [6.45, 7) is 5.38. The lowest BCUT2D eigenvalue weighted by Gasteiger charge is -2.13. The fraction of sp³-hybridized carbons (Fsp3) is 0.500. The number of carbonyl (C=O) groups excluding carboxylic acids is 2. The summed E-state index contributed by atoms with van der Waals surface area (Å²) < 4.78 is 31.1. The standard InChI is InChI=1S/C16H24N2O5S/c1-4-7-12(3)18-15(19)11-23-16(20)13-8-6-9-14(10-13)24(21,22)17-5-2/h6,8-10,12,17H,4-5,7,11H2,1-3H3,(H,18,19). The molecule has 0 radical (unpaired) electrons. The van der Waals surface area contributed by atoms with Crippen molar-refractivity contribution in [2.75, 3.05) is 13.2 Å². The van der Waals surface area contributed by atoms with E-state index in [-0.39, 0.29) is 29.0 Å². The van der Waals surface area contributed by atoms with E-state index in [1.165, 1.54) is 24.3 Å². The van der Waals surface area contributed by atoms with E-state index in [1.54, 1.807) is 6.92 Å². The van der Waals surface area contributed by atoms with Crippen molar-refractivity contribution in [3.05, 3.63) is 29.8 Å². The van der Waals surface area contributed by atoms with Crippen molar-refractivity contribution in [3.63, 3.8) is 0 Å². The molecule has 0 saturated carbocycles. The molecular weight excluding hydrogens is 332 g/mol. The van der Waals surface area contributed by atoms with Crippen LogP contribution < -0.4 is 10.0 Å². The van der Waals surface area contributed by atoms with Crippen LogP contribution in [-0.4, -0.2) is 39.5 Å². The molecular formula is C16H24N2O5S. The number of hydrogen-bond donors (Lipinski definition) is 2. The minimum atomic E-state index is -3.66. The van der Waals surface area contributed by atoms with Gasteiger partial charge in [-0.3, -0.25) is 4.79 Å². The minimum Gasteiger partial charge on any atom is -0.452 e. The third-order valence-corrected chi connectivity index (χ3v) is 4.72. The average molecular weight is 356 g/mol. The van der Waals surface area contributed by atoms with Gasteiger partial charge >= 0.3 is 5.97 Å². The molecule has 0 bridgehead atoms. The number of rotatable bonds is 9. The zero-order valence-electron chi connectivity index (χ0n) is 14.2. The first-order valence-electron chi connectivity index (χ1n) is 7.86. The van der Waals surface area contributed by atoms with Crippen LogP contribution in [0.15, 0.2) is 29.2 Å². The molecule has 24 heavy (non-hydrogen) atoms. The lowest BCUT2D eigenvalue weighted by Crippen LogP contribution is -2.35. The Morgan fingerprint density at radius 3 is 2.58 bits per heavy atom. The van der Waals surface area contributed by atoms with E-state index in [9.17, 15) is 18.0 Å². The van der Waals surface area contributed by atoms with Gasteiger partial charge in [-0.2, -0.15) is 0 Å². The molecule has 0 aliphatic carbocycles. The topological polar surface area (TPSA) is 102 Å². The first-order chi connectivity index (χ1) is 11.3. The molecule has 1 atom stereocenters. The van der Waals surface area contributed by atoms with Gasteiger partial charge in [0.15, 0.2) is 6.61 Å². The second-order valence-electron chi connectivity index (χ2n) is 5.36. The van der Waals surface area contributed by atoms with Crippen molar-refractivity contribution in [2.45, 2.75) is 44.6 Å². The number of nitrogens with one attached hydrogen (secondary N) is 2. The van der Waals surface area contributed by atoms with Crippen LogP contribution >= 0.6 is 0 Å². The van der Waals surface area contributed by atoms with E-state index < -0.39 is 22.6 Å². The molecule has 0 fully saturated rings. The molecule has 134 valence electrons. The maximum atomic E-state index is 12.0. The lowest BCUT2D eigenvalue weighted by molar-refractivity contribution is -0.124. The molecule has 0 aromatic heterocycles. The van der Waals surface area contributed by atoms with Gasteiger partial charge in [-0.05, 0) is 31.5 Å². The van der Waals surface area contributed by atoms with Crippen molar-refractivity contribution < 1.29 is 22.7 Å². The van der Waals surface area contributed by atoms with E-state index in [4.69, 9.17) is 4.74 Å². The second kappa shape index (κ2) is 9.39. The summed E-state index contributed by atoms with van der Waals surface area (Å²) >= 11 is 0. The van der Waals surface area contributed by atoms with Crippen LogP contribution in [0.5, 0.6) is 0 Å². The van der Waals surface area contributed by atoms with Crippen LogP contribution in [0.2, 0.25) is 0 Å². The average Bonchev–Trinajstić information content (AvgIpc) is 2.53. The van der Waals surface area contributed by atoms with E-state index in [2.05, 4.69) is 10.0 Å². The van der Waals surface area contributed by atoms with Crippen LogP contribution in [0, 0.1) is 0 Å². The summed E-state index contributed by atoms with van der Waals surface area (Å²) in [5, 5.41) is 2.72. The van der Waals surface area contributed by atoms with Crippen LogP contribution in [-0.2, 0) is 19.6 Å². The highest BCUT2D eigenvalue weighted by molar-refractivity contribution is 7.89. The molecule has 2 N–H and O–H groups in total. The Balaban J connectivity index is 2.67. The van der Waals surface area contributed by atoms with Crippen molar-refractivity contribution >= 4 is 21.9 Å². The van der Waals surface area contributed by atoms with Gasteiger partial charge < -0.3 is 10.1 Å². The summed E-state index contributed by atoms with van der Waals surface area (Å²) in [7, 11) is -3.66. The fourth-order valence-electron chi connectivity index (χ4n) is 2.10. The Labute approximate surface area is 142 Å². The van der Waals surface area contributed by atoms with Gasteiger partial charge in [0.05, 0.1) is 10.5 Å². The maximum absolute atomic E-state index is 12.0. The Hall–Kier alpha value is -1.93. The molecule has 8 heteroatoms. The summed E-state index contributed by atoms with van der Waals surface area (Å²) in [6.07, 6.45) is 1.78. The van der Waals surface area contributed by atoms with Gasteiger partial charge in [-0.15, -0.1) is 0 Å². The van der Waals surface area contributed by atoms with E-state index in [0.717, 1.165) is 12.8 Å². The number of ether oxygens (including phenoxy) is 1. The molecule has 1 unspecified atom stereocenters. The smallest absolute Gasteiger partial charge is 0.338 e. The second-order valence-corrected chi connectivity index (χ2v) is 7.13. The SMILES string of the molecule is CCCC(C)NC(=O)COC(=O)c1cccc(S(=O)(=O)NCC)c1. The van der Waals surface area contributed by atoms with E-state index >= 15 is 0 Å². The summed E-state index contributed by atoms with van der Waals surface area (Å²) in [5.74, 6) is -1.14. The molecule has 0 aliphatic rings. The predicted molar refractivity (Wildman–Crippen MR) is 90.1 cm³/mol. The molecule has 1 rings (SSSR count). The quantitative estimate of drug-likeness (QED) is 0.652. The third-order valence-electron chi connectivity index (χ3n) is 3.18. The van der Waals surface area contributed by atoms with Gasteiger partial charge in [0.25, 0.3) is 5.91 Å². The van der Waals surface area contributed by atoms with Crippen LogP contribution in [0.4, 0.5) is 0 Å². The van der Waals surface area contributed by atoms with Gasteiger partial charge in [-0.1, -0.05) is 26.3 Å². The molecule has 0 aliphatic heterocycles. The normalized spacial score (nSPS) is 12.5. The van der Waals surface area contributed by atoms with Crippen LogP contribution in [0.25, 0.3) is 0 Å². The highest BCUT2D eigenvalue weighted by Gasteiger charge is 2.17. The van der Waals surface area contributed by atoms with Crippen molar-refractivity contribution in [1.29, 1.82) is 0 Å². The largest absolute Gasteiger partial charge is 0.452 e. The molecule has 0 saturated heterocycles. The summed E-state index contributed by atoms with van der Waals surface area (Å²) in [5.41, 5.74) is 0.0726. The maximum Gasteiger partial charge on any atom is 0.338 e. The molecule has 1 amide bonds. The van der Waals surface area contributed by atoms with Gasteiger partial charge in [0.1, 0.15) is 0 Å². The number of esters is 1. The molecule has 0 heterocycles. The van der Waals surface area contributed by atoms with Crippen molar-refractivity contribution in [3.8, 4) is 0 Å². The Morgan fingerprint density at radius 1 is 1.25 bits per heavy atom. The van der Waals surface area contributed by atoms with Crippen molar-refractivity contribution in [2.24, 2.45) is 0 Å². The first kappa shape index (κ1) is 20.1. The number of hydrogen-bond acceptors (Lipinski definition) is 5. The highest BCUT2D eigenvalue weighted by Crippen LogP contribution is 2.12. The molecule has 1 aromatic rings. The highest BCUT2D eigenvalue weighted by atomic mass is 32.2. The Kier molecular flexibility index (Phi) is 7.87. The number of benzene rings is 1. The number of amides is 1. The predicted octanol–water partition coefficient (Wildman–Crippen LogP) is 1.45. The molecule has 7 nitrogen and oxygen atoms in total. The number of carbonyl (C=O) groups is 2. The van der Waals surface area contributed by atoms with E-state index in [1.807, 2.05) is 13.8 Å². The monoisotopic (exact) mass is 356 g/mol. The van der Waals surface area contributed by atoms with E-state index in [0.29, 0.717) is 0 Å². The zero-order valence-corrected chi connectivity index (χ0v) is 15.0.